The predicted molar refractivity (Wildman–Crippen MR) is 150 cm³/mol. The molecule has 0 radical (unpaired) electrons. The van der Waals surface area contributed by atoms with Crippen molar-refractivity contribution >= 4 is 17.9 Å². The highest BCUT2D eigenvalue weighted by Gasteiger charge is 2.35. The summed E-state index contributed by atoms with van der Waals surface area (Å²) in [7, 11) is 0. The molecule has 0 amide bonds. The number of unbranched alkanes of at least 4 members (excludes halogenated alkanes) is 18. The minimum atomic E-state index is -1.17. The number of hydrogen-bond donors (Lipinski definition) is 3. The van der Waals surface area contributed by atoms with Crippen LogP contribution >= 0.6 is 0 Å². The zero-order chi connectivity index (χ0) is 27.6. The monoisotopic (exact) mass is 526 g/mol. The number of carboxylic acid groups (broad SMARTS) is 3. The van der Waals surface area contributed by atoms with E-state index in [9.17, 15) is 14.4 Å². The lowest BCUT2D eigenvalue weighted by molar-refractivity contribution is -0.907. The third-order valence-electron chi connectivity index (χ3n) is 7.06. The Kier molecular flexibility index (Phi) is 23.2. The van der Waals surface area contributed by atoms with Crippen molar-refractivity contribution in [1.29, 1.82) is 0 Å². The maximum Gasteiger partial charge on any atom is 0.359 e. The lowest BCUT2D eigenvalue weighted by Crippen LogP contribution is -2.57. The van der Waals surface area contributed by atoms with Crippen molar-refractivity contribution in [2.24, 2.45) is 0 Å². The van der Waals surface area contributed by atoms with Crippen LogP contribution < -0.4 is 0 Å². The van der Waals surface area contributed by atoms with E-state index in [1.165, 1.54) is 103 Å². The van der Waals surface area contributed by atoms with Gasteiger partial charge in [-0.05, 0) is 38.5 Å². The number of rotatable bonds is 28. The molecule has 0 rings (SSSR count). The molecule has 7 heteroatoms. The first kappa shape index (κ1) is 35.1. The van der Waals surface area contributed by atoms with E-state index in [4.69, 9.17) is 15.3 Å². The highest BCUT2D eigenvalue weighted by atomic mass is 16.4. The molecular weight excluding hydrogens is 470 g/mol. The highest BCUT2D eigenvalue weighted by Crippen LogP contribution is 2.15. The molecule has 0 aromatic carbocycles. The molecular formula is C30H56NO6+. The van der Waals surface area contributed by atoms with Crippen molar-refractivity contribution in [1.82, 2.24) is 0 Å². The van der Waals surface area contributed by atoms with Gasteiger partial charge in [0.25, 0.3) is 0 Å². The van der Waals surface area contributed by atoms with E-state index < -0.39 is 42.0 Å². The van der Waals surface area contributed by atoms with Gasteiger partial charge in [-0.15, -0.1) is 0 Å². The van der Waals surface area contributed by atoms with Crippen LogP contribution in [0.3, 0.4) is 0 Å². The molecule has 0 bridgehead atoms. The van der Waals surface area contributed by atoms with Gasteiger partial charge >= 0.3 is 17.9 Å². The quantitative estimate of drug-likeness (QED) is 0.0555. The number of quaternary nitrogens is 1. The summed E-state index contributed by atoms with van der Waals surface area (Å²) in [6, 6.07) is 0. The van der Waals surface area contributed by atoms with Crippen LogP contribution in [0.2, 0.25) is 0 Å². The number of carbonyl (C=O) groups is 3. The second-order valence-corrected chi connectivity index (χ2v) is 10.8. The van der Waals surface area contributed by atoms with Gasteiger partial charge in [0.2, 0.25) is 0 Å². The van der Waals surface area contributed by atoms with Gasteiger partial charge in [0, 0.05) is 0 Å². The van der Waals surface area contributed by atoms with Crippen LogP contribution in [0, 0.1) is 0 Å². The molecule has 0 aliphatic carbocycles. The summed E-state index contributed by atoms with van der Waals surface area (Å²) in [6.07, 6.45) is 29.3. The van der Waals surface area contributed by atoms with Crippen molar-refractivity contribution in [2.45, 2.75) is 135 Å². The Hall–Kier alpha value is -1.89. The Labute approximate surface area is 225 Å². The number of hydrogen-bond acceptors (Lipinski definition) is 3. The largest absolute Gasteiger partial charge is 0.477 e. The van der Waals surface area contributed by atoms with Gasteiger partial charge < -0.3 is 15.3 Å². The average Bonchev–Trinajstić information content (AvgIpc) is 2.81. The van der Waals surface area contributed by atoms with Crippen LogP contribution in [0.15, 0.2) is 12.2 Å². The zero-order valence-corrected chi connectivity index (χ0v) is 23.6. The second-order valence-electron chi connectivity index (χ2n) is 10.8. The third-order valence-corrected chi connectivity index (χ3v) is 7.06. The number of nitrogens with zero attached hydrogens (tertiary/aromatic N) is 1. The summed E-state index contributed by atoms with van der Waals surface area (Å²) >= 11 is 0. The molecule has 0 aliphatic heterocycles. The SMILES string of the molecule is CCCCCCCCC/C=C/CCCCCCCCCCCCC[N+](CC(=O)O)(CC(=O)O)CC(=O)O. The molecule has 0 fully saturated rings. The molecule has 0 unspecified atom stereocenters. The zero-order valence-electron chi connectivity index (χ0n) is 23.6. The van der Waals surface area contributed by atoms with E-state index in [1.807, 2.05) is 0 Å². The van der Waals surface area contributed by atoms with Gasteiger partial charge in [-0.25, -0.2) is 14.4 Å². The van der Waals surface area contributed by atoms with Gasteiger partial charge in [0.15, 0.2) is 19.6 Å². The molecule has 0 saturated carbocycles. The Morgan fingerprint density at radius 3 is 1.11 bits per heavy atom. The number of carboxylic acids is 3. The Bertz CT molecular complexity index is 578. The maximum absolute atomic E-state index is 11.2. The molecule has 0 aromatic heterocycles. The Morgan fingerprint density at radius 1 is 0.486 bits per heavy atom. The van der Waals surface area contributed by atoms with Crippen LogP contribution in [0.1, 0.15) is 135 Å². The second kappa shape index (κ2) is 24.4. The molecule has 0 heterocycles. The van der Waals surface area contributed by atoms with Crippen LogP contribution in [0.5, 0.6) is 0 Å². The molecule has 0 saturated heterocycles. The summed E-state index contributed by atoms with van der Waals surface area (Å²) in [4.78, 5) is 33.6. The Balaban J connectivity index is 3.66. The van der Waals surface area contributed by atoms with E-state index in [-0.39, 0.29) is 6.54 Å². The van der Waals surface area contributed by atoms with Gasteiger partial charge in [-0.1, -0.05) is 109 Å². The highest BCUT2D eigenvalue weighted by molar-refractivity contribution is 5.73. The van der Waals surface area contributed by atoms with Crippen LogP contribution in [0.25, 0.3) is 0 Å². The smallest absolute Gasteiger partial charge is 0.359 e. The molecule has 0 aliphatic rings. The van der Waals surface area contributed by atoms with Gasteiger partial charge in [-0.2, -0.15) is 0 Å². The molecule has 0 atom stereocenters. The normalized spacial score (nSPS) is 11.8. The minimum Gasteiger partial charge on any atom is -0.477 e. The van der Waals surface area contributed by atoms with E-state index in [0.29, 0.717) is 6.42 Å². The first-order valence-electron chi connectivity index (χ1n) is 15.0. The average molecular weight is 527 g/mol. The van der Waals surface area contributed by atoms with Crippen LogP contribution in [0.4, 0.5) is 0 Å². The fourth-order valence-electron chi connectivity index (χ4n) is 5.02. The fourth-order valence-corrected chi connectivity index (χ4v) is 5.02. The lowest BCUT2D eigenvalue weighted by atomic mass is 10.0. The number of aliphatic carboxylic acids is 3. The third kappa shape index (κ3) is 24.2. The molecule has 3 N–H and O–H groups in total. The minimum absolute atomic E-state index is 0.263. The maximum atomic E-state index is 11.2. The Morgan fingerprint density at radius 2 is 0.784 bits per heavy atom. The molecule has 0 spiro atoms. The first-order valence-corrected chi connectivity index (χ1v) is 15.0. The summed E-state index contributed by atoms with van der Waals surface area (Å²) in [5.74, 6) is -3.51. The van der Waals surface area contributed by atoms with Crippen LogP contribution in [-0.4, -0.2) is 63.9 Å². The topological polar surface area (TPSA) is 112 Å². The fraction of sp³-hybridized carbons (Fsp3) is 0.833. The summed E-state index contributed by atoms with van der Waals surface area (Å²) in [5.41, 5.74) is 0. The molecule has 37 heavy (non-hydrogen) atoms. The van der Waals surface area contributed by atoms with Gasteiger partial charge in [0.05, 0.1) is 6.54 Å². The van der Waals surface area contributed by atoms with E-state index in [1.54, 1.807) is 0 Å². The standard InChI is InChI=1S/C30H55NO6/c1-2-3-4-5-6-7-8-9-10-11-12-13-14-15-16-17-18-19-20-21-22-23-24-31(25-28(32)33,26-29(34)35)27-30(36)37/h10-11H,2-9,12-27H2,1H3,(H2-,32,33,34,35,36,37)/p+1/b11-10+. The predicted octanol–water partition coefficient (Wildman–Crippen LogP) is 7.44. The van der Waals surface area contributed by atoms with Crippen molar-refractivity contribution < 1.29 is 34.2 Å². The molecule has 0 aromatic rings. The van der Waals surface area contributed by atoms with Crippen molar-refractivity contribution in [3.63, 3.8) is 0 Å². The molecule has 7 nitrogen and oxygen atoms in total. The van der Waals surface area contributed by atoms with Gasteiger partial charge in [-0.3, -0.25) is 4.48 Å². The summed E-state index contributed by atoms with van der Waals surface area (Å²) in [5, 5.41) is 27.4. The van der Waals surface area contributed by atoms with Crippen molar-refractivity contribution in [3.8, 4) is 0 Å². The van der Waals surface area contributed by atoms with Crippen molar-refractivity contribution in [3.05, 3.63) is 12.2 Å². The summed E-state index contributed by atoms with van der Waals surface area (Å²) < 4.78 is -0.436. The lowest BCUT2D eigenvalue weighted by Gasteiger charge is -2.34. The summed E-state index contributed by atoms with van der Waals surface area (Å²) in [6.45, 7) is 1.09. The van der Waals surface area contributed by atoms with Crippen molar-refractivity contribution in [2.75, 3.05) is 26.2 Å². The van der Waals surface area contributed by atoms with E-state index in [2.05, 4.69) is 19.1 Å². The first-order chi connectivity index (χ1) is 17.8. The van der Waals surface area contributed by atoms with E-state index >= 15 is 0 Å². The number of allylic oxidation sites excluding steroid dienone is 2. The van der Waals surface area contributed by atoms with E-state index in [0.717, 1.165) is 19.3 Å². The van der Waals surface area contributed by atoms with Gasteiger partial charge in [0.1, 0.15) is 0 Å². The molecule has 216 valence electrons. The van der Waals surface area contributed by atoms with Crippen LogP contribution in [-0.2, 0) is 14.4 Å².